The number of hydrogen-bond donors (Lipinski definition) is 1. The van der Waals surface area contributed by atoms with Crippen molar-refractivity contribution in [3.63, 3.8) is 0 Å². The molecule has 0 saturated heterocycles. The van der Waals surface area contributed by atoms with E-state index in [1.54, 1.807) is 50.2 Å². The Hall–Kier alpha value is -3.38. The smallest absolute Gasteiger partial charge is 0.300 e. The van der Waals surface area contributed by atoms with Gasteiger partial charge >= 0.3 is 0 Å². The zero-order valence-electron chi connectivity index (χ0n) is 15.5. The molecule has 0 fully saturated rings. The Morgan fingerprint density at radius 1 is 1.10 bits per heavy atom. The number of H-pyrrole nitrogens is 1. The number of aryl methyl sites for hydroxylation is 2. The van der Waals surface area contributed by atoms with E-state index in [0.717, 1.165) is 11.1 Å². The van der Waals surface area contributed by atoms with Crippen LogP contribution >= 0.6 is 11.6 Å². The van der Waals surface area contributed by atoms with Crippen molar-refractivity contribution in [3.8, 4) is 22.9 Å². The standard InChI is InChI=1S/C22H16ClFN2O3/c1-11-3-5-14(8-15(11)21(27)28)29-22-25-19-9-16(17(23)10-20(19)26-22)13-4-6-18(24)12(2)7-13/h3-10H,1-2H3,(H,25,26)(H,27,28)/p-1. The minimum Gasteiger partial charge on any atom is -0.545 e. The molecule has 1 aromatic heterocycles. The molecule has 3 aromatic carbocycles. The first-order valence-electron chi connectivity index (χ1n) is 8.77. The third-order valence-electron chi connectivity index (χ3n) is 4.66. The minimum absolute atomic E-state index is 0.0515. The van der Waals surface area contributed by atoms with Crippen LogP contribution in [0.2, 0.25) is 5.02 Å². The van der Waals surface area contributed by atoms with Crippen LogP contribution in [-0.4, -0.2) is 15.9 Å². The van der Waals surface area contributed by atoms with Gasteiger partial charge in [0.1, 0.15) is 11.6 Å². The van der Waals surface area contributed by atoms with Crippen molar-refractivity contribution < 1.29 is 19.0 Å². The predicted octanol–water partition coefficient (Wildman–Crippen LogP) is 4.80. The summed E-state index contributed by atoms with van der Waals surface area (Å²) >= 11 is 6.42. The van der Waals surface area contributed by atoms with Crippen molar-refractivity contribution in [2.75, 3.05) is 0 Å². The van der Waals surface area contributed by atoms with Gasteiger partial charge in [0.15, 0.2) is 0 Å². The highest BCUT2D eigenvalue weighted by atomic mass is 35.5. The molecule has 0 unspecified atom stereocenters. The maximum absolute atomic E-state index is 13.6. The lowest BCUT2D eigenvalue weighted by atomic mass is 10.0. The van der Waals surface area contributed by atoms with E-state index in [4.69, 9.17) is 16.3 Å². The summed E-state index contributed by atoms with van der Waals surface area (Å²) in [6, 6.07) is 13.1. The Morgan fingerprint density at radius 3 is 2.62 bits per heavy atom. The Balaban J connectivity index is 1.71. The maximum Gasteiger partial charge on any atom is 0.300 e. The van der Waals surface area contributed by atoms with Gasteiger partial charge in [0.05, 0.1) is 22.0 Å². The summed E-state index contributed by atoms with van der Waals surface area (Å²) in [5.41, 5.74) is 3.90. The summed E-state index contributed by atoms with van der Waals surface area (Å²) in [4.78, 5) is 18.6. The number of aromatic amines is 1. The van der Waals surface area contributed by atoms with Gasteiger partial charge in [-0.05, 0) is 66.9 Å². The van der Waals surface area contributed by atoms with E-state index in [1.165, 1.54) is 12.1 Å². The van der Waals surface area contributed by atoms with Gasteiger partial charge in [-0.1, -0.05) is 23.7 Å². The van der Waals surface area contributed by atoms with E-state index in [9.17, 15) is 14.3 Å². The van der Waals surface area contributed by atoms with E-state index < -0.39 is 5.97 Å². The Kier molecular flexibility index (Phi) is 4.72. The van der Waals surface area contributed by atoms with Crippen LogP contribution in [0, 0.1) is 19.7 Å². The number of carbonyl (C=O) groups is 1. The van der Waals surface area contributed by atoms with Crippen molar-refractivity contribution in [1.82, 2.24) is 9.97 Å². The summed E-state index contributed by atoms with van der Waals surface area (Å²) < 4.78 is 19.3. The number of nitrogens with zero attached hydrogens (tertiary/aromatic N) is 1. The van der Waals surface area contributed by atoms with E-state index in [-0.39, 0.29) is 17.4 Å². The quantitative estimate of drug-likeness (QED) is 0.525. The van der Waals surface area contributed by atoms with Crippen LogP contribution in [-0.2, 0) is 0 Å². The molecule has 146 valence electrons. The summed E-state index contributed by atoms with van der Waals surface area (Å²) in [5.74, 6) is -1.24. The monoisotopic (exact) mass is 409 g/mol. The predicted molar refractivity (Wildman–Crippen MR) is 107 cm³/mol. The van der Waals surface area contributed by atoms with Gasteiger partial charge in [0, 0.05) is 11.1 Å². The first-order valence-corrected chi connectivity index (χ1v) is 9.15. The van der Waals surface area contributed by atoms with Gasteiger partial charge < -0.3 is 19.6 Å². The van der Waals surface area contributed by atoms with Crippen molar-refractivity contribution in [1.29, 1.82) is 0 Å². The van der Waals surface area contributed by atoms with Crippen LogP contribution in [0.4, 0.5) is 4.39 Å². The molecule has 1 N–H and O–H groups in total. The van der Waals surface area contributed by atoms with Crippen molar-refractivity contribution in [2.45, 2.75) is 13.8 Å². The molecule has 5 nitrogen and oxygen atoms in total. The molecule has 29 heavy (non-hydrogen) atoms. The molecule has 0 saturated carbocycles. The first kappa shape index (κ1) is 19.0. The lowest BCUT2D eigenvalue weighted by molar-refractivity contribution is -0.255. The highest BCUT2D eigenvalue weighted by Crippen LogP contribution is 2.34. The second-order valence-corrected chi connectivity index (χ2v) is 7.13. The average molecular weight is 410 g/mol. The van der Waals surface area contributed by atoms with Crippen LogP contribution in [0.25, 0.3) is 22.2 Å². The number of rotatable bonds is 4. The van der Waals surface area contributed by atoms with Gasteiger partial charge in [-0.2, -0.15) is 4.98 Å². The van der Waals surface area contributed by atoms with Crippen molar-refractivity contribution in [2.24, 2.45) is 0 Å². The fourth-order valence-corrected chi connectivity index (χ4v) is 3.36. The van der Waals surface area contributed by atoms with Crippen LogP contribution in [0.3, 0.4) is 0 Å². The molecule has 0 spiro atoms. The van der Waals surface area contributed by atoms with Gasteiger partial charge in [-0.3, -0.25) is 0 Å². The Labute approximate surface area is 170 Å². The lowest BCUT2D eigenvalue weighted by Gasteiger charge is -2.09. The van der Waals surface area contributed by atoms with E-state index >= 15 is 0 Å². The minimum atomic E-state index is -1.27. The molecule has 0 amide bonds. The third kappa shape index (κ3) is 3.67. The molecule has 7 heteroatoms. The molecule has 0 aliphatic rings. The number of benzene rings is 3. The summed E-state index contributed by atoms with van der Waals surface area (Å²) in [6.45, 7) is 3.37. The van der Waals surface area contributed by atoms with Gasteiger partial charge in [0.25, 0.3) is 6.01 Å². The Morgan fingerprint density at radius 2 is 1.90 bits per heavy atom. The maximum atomic E-state index is 13.6. The SMILES string of the molecule is Cc1cc(-c2cc3nc(Oc4ccc(C)c(C(=O)[O-])c4)[nH]c3cc2Cl)ccc1F. The number of carbonyl (C=O) groups excluding carboxylic acids is 1. The highest BCUT2D eigenvalue weighted by Gasteiger charge is 2.12. The van der Waals surface area contributed by atoms with Gasteiger partial charge in [-0.15, -0.1) is 0 Å². The van der Waals surface area contributed by atoms with Crippen molar-refractivity contribution in [3.05, 3.63) is 76.1 Å². The molecule has 0 aliphatic carbocycles. The first-order chi connectivity index (χ1) is 13.8. The number of fused-ring (bicyclic) bond motifs is 1. The number of carboxylic acid groups (broad SMARTS) is 1. The fraction of sp³-hybridized carbons (Fsp3) is 0.0909. The molecule has 0 aliphatic heterocycles. The summed E-state index contributed by atoms with van der Waals surface area (Å²) in [6.07, 6.45) is 0. The van der Waals surface area contributed by atoms with Gasteiger partial charge in [-0.25, -0.2) is 4.39 Å². The van der Waals surface area contributed by atoms with E-state index in [1.807, 2.05) is 0 Å². The molecule has 0 bridgehead atoms. The number of imidazole rings is 1. The number of ether oxygens (including phenoxy) is 1. The summed E-state index contributed by atoms with van der Waals surface area (Å²) in [7, 11) is 0. The number of aromatic carboxylic acids is 1. The molecule has 0 atom stereocenters. The fourth-order valence-electron chi connectivity index (χ4n) is 3.08. The summed E-state index contributed by atoms with van der Waals surface area (Å²) in [5, 5.41) is 11.7. The van der Waals surface area contributed by atoms with E-state index in [2.05, 4.69) is 9.97 Å². The average Bonchev–Trinajstić information content (AvgIpc) is 3.05. The molecular formula is C22H15ClFN2O3-. The second kappa shape index (κ2) is 7.22. The zero-order chi connectivity index (χ0) is 20.7. The van der Waals surface area contributed by atoms with Crippen LogP contribution < -0.4 is 9.84 Å². The van der Waals surface area contributed by atoms with Crippen LogP contribution in [0.15, 0.2) is 48.5 Å². The van der Waals surface area contributed by atoms with E-state index in [0.29, 0.717) is 32.9 Å². The number of halogens is 2. The van der Waals surface area contributed by atoms with Crippen LogP contribution in [0.5, 0.6) is 11.8 Å². The van der Waals surface area contributed by atoms with Crippen molar-refractivity contribution >= 4 is 28.6 Å². The second-order valence-electron chi connectivity index (χ2n) is 6.72. The molecule has 4 aromatic rings. The number of carboxylic acids is 1. The lowest BCUT2D eigenvalue weighted by Crippen LogP contribution is -2.23. The molecule has 1 heterocycles. The number of aromatic nitrogens is 2. The normalized spacial score (nSPS) is 11.0. The number of hydrogen-bond acceptors (Lipinski definition) is 4. The number of nitrogens with one attached hydrogen (secondary N) is 1. The molecule has 0 radical (unpaired) electrons. The Bertz CT molecular complexity index is 1270. The third-order valence-corrected chi connectivity index (χ3v) is 4.97. The van der Waals surface area contributed by atoms with Crippen LogP contribution in [0.1, 0.15) is 21.5 Å². The van der Waals surface area contributed by atoms with Gasteiger partial charge in [0.2, 0.25) is 0 Å². The molecule has 4 rings (SSSR count). The zero-order valence-corrected chi connectivity index (χ0v) is 16.3. The molecular weight excluding hydrogens is 395 g/mol. The largest absolute Gasteiger partial charge is 0.545 e. The highest BCUT2D eigenvalue weighted by molar-refractivity contribution is 6.34. The topological polar surface area (TPSA) is 78.0 Å².